The molecule has 1 amide bonds. The summed E-state index contributed by atoms with van der Waals surface area (Å²) >= 11 is 0. The Morgan fingerprint density at radius 1 is 1.33 bits per heavy atom. The number of nitrogens with two attached hydrogens (primary N) is 1. The van der Waals surface area contributed by atoms with Gasteiger partial charge in [-0.3, -0.25) is 4.79 Å². The first-order valence-corrected chi connectivity index (χ1v) is 8.16. The number of anilines is 1. The van der Waals surface area contributed by atoms with Gasteiger partial charge in [0.05, 0.1) is 12.3 Å². The molecule has 8 heteroatoms. The molecule has 0 aliphatic carbocycles. The second-order valence-corrected chi connectivity index (χ2v) is 6.73. The molecule has 3 N–H and O–H groups in total. The van der Waals surface area contributed by atoms with E-state index in [1.807, 2.05) is 0 Å². The zero-order chi connectivity index (χ0) is 15.9. The number of likely N-dealkylation sites (N-methyl/N-ethyl adjacent to an activating group) is 1. The number of sulfonamides is 1. The van der Waals surface area contributed by atoms with E-state index < -0.39 is 15.9 Å². The third-order valence-electron chi connectivity index (χ3n) is 2.73. The first kappa shape index (κ1) is 17.4. The van der Waals surface area contributed by atoms with Gasteiger partial charge in [0.1, 0.15) is 12.4 Å². The number of hydrogen-bond donors (Lipinski definition) is 2. The largest absolute Gasteiger partial charge is 0.492 e. The van der Waals surface area contributed by atoms with E-state index in [9.17, 15) is 13.2 Å². The van der Waals surface area contributed by atoms with Crippen LogP contribution in [-0.4, -0.2) is 51.1 Å². The number of amides is 1. The van der Waals surface area contributed by atoms with E-state index in [0.717, 1.165) is 4.31 Å². The number of nitrogens with zero attached hydrogens (tertiary/aromatic N) is 1. The van der Waals surface area contributed by atoms with Crippen LogP contribution in [-0.2, 0) is 14.8 Å². The third kappa shape index (κ3) is 5.70. The maximum Gasteiger partial charge on any atom is 0.239 e. The molecule has 0 spiro atoms. The van der Waals surface area contributed by atoms with Crippen molar-refractivity contribution in [3.63, 3.8) is 0 Å². The van der Waals surface area contributed by atoms with Gasteiger partial charge in [-0.2, -0.15) is 4.31 Å². The summed E-state index contributed by atoms with van der Waals surface area (Å²) in [4.78, 5) is 11.8. The minimum atomic E-state index is -3.36. The number of ether oxygens (including phenoxy) is 1. The molecule has 0 aliphatic heterocycles. The van der Waals surface area contributed by atoms with E-state index in [4.69, 9.17) is 10.5 Å². The van der Waals surface area contributed by atoms with E-state index in [1.54, 1.807) is 24.3 Å². The molecule has 118 valence electrons. The highest BCUT2D eigenvalue weighted by Gasteiger charge is 2.18. The van der Waals surface area contributed by atoms with Crippen LogP contribution in [0, 0.1) is 0 Å². The average molecular weight is 315 g/mol. The summed E-state index contributed by atoms with van der Waals surface area (Å²) in [6.07, 6.45) is 0. The lowest BCUT2D eigenvalue weighted by molar-refractivity contribution is -0.116. The molecule has 0 radical (unpaired) electrons. The van der Waals surface area contributed by atoms with Crippen LogP contribution in [0.5, 0.6) is 5.75 Å². The summed E-state index contributed by atoms with van der Waals surface area (Å²) in [5.74, 6) is 0.221. The van der Waals surface area contributed by atoms with Gasteiger partial charge in [-0.05, 0) is 31.2 Å². The molecule has 0 heterocycles. The van der Waals surface area contributed by atoms with Crippen molar-refractivity contribution in [2.24, 2.45) is 5.73 Å². The maximum atomic E-state index is 11.8. The maximum absolute atomic E-state index is 11.8. The first-order chi connectivity index (χ1) is 9.89. The molecule has 0 saturated heterocycles. The predicted octanol–water partition coefficient (Wildman–Crippen LogP) is 0.244. The van der Waals surface area contributed by atoms with Crippen LogP contribution < -0.4 is 15.8 Å². The molecular formula is C13H21N3O4S. The van der Waals surface area contributed by atoms with E-state index in [2.05, 4.69) is 5.32 Å². The number of hydrogen-bond acceptors (Lipinski definition) is 5. The van der Waals surface area contributed by atoms with E-state index in [0.29, 0.717) is 24.6 Å². The third-order valence-corrected chi connectivity index (χ3v) is 4.54. The van der Waals surface area contributed by atoms with Crippen molar-refractivity contribution in [2.45, 2.75) is 6.92 Å². The van der Waals surface area contributed by atoms with Gasteiger partial charge in [-0.1, -0.05) is 0 Å². The summed E-state index contributed by atoms with van der Waals surface area (Å²) in [5, 5.41) is 2.63. The van der Waals surface area contributed by atoms with Gasteiger partial charge in [0.2, 0.25) is 15.9 Å². The Labute approximate surface area is 125 Å². The molecule has 21 heavy (non-hydrogen) atoms. The minimum Gasteiger partial charge on any atom is -0.492 e. The van der Waals surface area contributed by atoms with Gasteiger partial charge in [0.25, 0.3) is 0 Å². The van der Waals surface area contributed by atoms with Crippen LogP contribution in [0.2, 0.25) is 0 Å². The Balaban J connectivity index is 2.55. The highest BCUT2D eigenvalue weighted by Crippen LogP contribution is 2.15. The van der Waals surface area contributed by atoms with Crippen LogP contribution in [0.3, 0.4) is 0 Å². The Kier molecular flexibility index (Phi) is 6.60. The molecule has 0 aromatic heterocycles. The predicted molar refractivity (Wildman–Crippen MR) is 81.7 cm³/mol. The fourth-order valence-corrected chi connectivity index (χ4v) is 2.29. The van der Waals surface area contributed by atoms with Crippen molar-refractivity contribution in [3.05, 3.63) is 24.3 Å². The van der Waals surface area contributed by atoms with Crippen LogP contribution in [0.4, 0.5) is 5.69 Å². The summed E-state index contributed by atoms with van der Waals surface area (Å²) in [6, 6.07) is 6.77. The molecule has 0 bridgehead atoms. The molecule has 0 fully saturated rings. The van der Waals surface area contributed by atoms with Gasteiger partial charge in [-0.15, -0.1) is 0 Å². The van der Waals surface area contributed by atoms with Crippen molar-refractivity contribution in [2.75, 3.05) is 37.8 Å². The Bertz CT molecular complexity index is 557. The molecule has 1 rings (SSSR count). The second-order valence-electron chi connectivity index (χ2n) is 4.37. The monoisotopic (exact) mass is 315 g/mol. The average Bonchev–Trinajstić information content (AvgIpc) is 2.46. The van der Waals surface area contributed by atoms with Crippen molar-refractivity contribution in [1.29, 1.82) is 0 Å². The van der Waals surface area contributed by atoms with Crippen LogP contribution in [0.15, 0.2) is 24.3 Å². The van der Waals surface area contributed by atoms with Crippen molar-refractivity contribution < 1.29 is 17.9 Å². The van der Waals surface area contributed by atoms with Gasteiger partial charge < -0.3 is 15.8 Å². The standard InChI is InChI=1S/C13H21N3O4S/c1-3-21(18,19)16(2)10-13(17)15-11-4-6-12(7-5-11)20-9-8-14/h4-7H,3,8-10,14H2,1-2H3,(H,15,17). The number of carbonyl (C=O) groups excluding carboxylic acids is 1. The first-order valence-electron chi connectivity index (χ1n) is 6.56. The highest BCUT2D eigenvalue weighted by molar-refractivity contribution is 7.89. The smallest absolute Gasteiger partial charge is 0.239 e. The molecule has 0 saturated carbocycles. The molecule has 1 aromatic carbocycles. The zero-order valence-electron chi connectivity index (χ0n) is 12.2. The van der Waals surface area contributed by atoms with Crippen molar-refractivity contribution in [1.82, 2.24) is 4.31 Å². The number of benzene rings is 1. The fourth-order valence-electron chi connectivity index (χ4n) is 1.53. The minimum absolute atomic E-state index is 0.0377. The molecule has 7 nitrogen and oxygen atoms in total. The summed E-state index contributed by atoms with van der Waals surface area (Å²) in [6.45, 7) is 2.16. The summed E-state index contributed by atoms with van der Waals surface area (Å²) in [7, 11) is -1.98. The summed E-state index contributed by atoms with van der Waals surface area (Å²) < 4.78 is 29.4. The molecule has 0 unspecified atom stereocenters. The van der Waals surface area contributed by atoms with Gasteiger partial charge >= 0.3 is 0 Å². The second kappa shape index (κ2) is 7.96. The van der Waals surface area contributed by atoms with Gasteiger partial charge in [0.15, 0.2) is 0 Å². The molecule has 0 atom stereocenters. The van der Waals surface area contributed by atoms with Gasteiger partial charge in [0, 0.05) is 19.3 Å². The van der Waals surface area contributed by atoms with E-state index >= 15 is 0 Å². The van der Waals surface area contributed by atoms with Crippen LogP contribution in [0.25, 0.3) is 0 Å². The molecular weight excluding hydrogens is 294 g/mol. The highest BCUT2D eigenvalue weighted by atomic mass is 32.2. The van der Waals surface area contributed by atoms with Crippen molar-refractivity contribution >= 4 is 21.6 Å². The number of rotatable bonds is 8. The lowest BCUT2D eigenvalue weighted by Gasteiger charge is -2.15. The normalized spacial score (nSPS) is 11.4. The van der Waals surface area contributed by atoms with Crippen molar-refractivity contribution in [3.8, 4) is 5.75 Å². The molecule has 0 aliphatic rings. The SMILES string of the molecule is CCS(=O)(=O)N(C)CC(=O)Nc1ccc(OCCN)cc1. The van der Waals surface area contributed by atoms with Crippen LogP contribution >= 0.6 is 0 Å². The van der Waals surface area contributed by atoms with Crippen LogP contribution in [0.1, 0.15) is 6.92 Å². The van der Waals surface area contributed by atoms with E-state index in [1.165, 1.54) is 14.0 Å². The lowest BCUT2D eigenvalue weighted by Crippen LogP contribution is -2.35. The summed E-state index contributed by atoms with van der Waals surface area (Å²) in [5.41, 5.74) is 5.90. The number of carbonyl (C=O) groups is 1. The Hall–Kier alpha value is -1.64. The molecule has 1 aromatic rings. The fraction of sp³-hybridized carbons (Fsp3) is 0.462. The Morgan fingerprint density at radius 3 is 2.48 bits per heavy atom. The lowest BCUT2D eigenvalue weighted by atomic mass is 10.3. The number of nitrogens with one attached hydrogen (secondary N) is 1. The quantitative estimate of drug-likeness (QED) is 0.716. The Morgan fingerprint density at radius 2 is 1.95 bits per heavy atom. The van der Waals surface area contributed by atoms with Gasteiger partial charge in [-0.25, -0.2) is 8.42 Å². The topological polar surface area (TPSA) is 102 Å². The van der Waals surface area contributed by atoms with E-state index in [-0.39, 0.29) is 12.3 Å². The zero-order valence-corrected chi connectivity index (χ0v) is 13.0.